The zero-order chi connectivity index (χ0) is 13.5. The quantitative estimate of drug-likeness (QED) is 0.348. The van der Waals surface area contributed by atoms with Crippen molar-refractivity contribution in [3.63, 3.8) is 0 Å². The minimum absolute atomic E-state index is 0.307. The van der Waals surface area contributed by atoms with Gasteiger partial charge in [0.2, 0.25) is 0 Å². The Morgan fingerprint density at radius 3 is 2.83 bits per heavy atom. The van der Waals surface area contributed by atoms with Crippen LogP contribution in [0, 0.1) is 10.1 Å². The summed E-state index contributed by atoms with van der Waals surface area (Å²) in [5.41, 5.74) is -0.817. The van der Waals surface area contributed by atoms with Crippen molar-refractivity contribution >= 4 is 11.7 Å². The molecule has 0 aliphatic rings. The van der Waals surface area contributed by atoms with Gasteiger partial charge in [-0.3, -0.25) is 10.1 Å². The fourth-order valence-corrected chi connectivity index (χ4v) is 1.35. The Kier molecular flexibility index (Phi) is 4.86. The lowest BCUT2D eigenvalue weighted by molar-refractivity contribution is -0.385. The van der Waals surface area contributed by atoms with Gasteiger partial charge in [0, 0.05) is 12.1 Å². The van der Waals surface area contributed by atoms with E-state index in [0.717, 1.165) is 25.0 Å². The fraction of sp³-hybridized carbons (Fsp3) is 0.250. The molecule has 0 saturated carbocycles. The number of nitro benzene ring substituents is 1. The van der Waals surface area contributed by atoms with Crippen LogP contribution in [0.3, 0.4) is 0 Å². The van der Waals surface area contributed by atoms with E-state index in [-0.39, 0.29) is 5.56 Å². The Bertz CT molecular complexity index is 470. The van der Waals surface area contributed by atoms with Crippen LogP contribution in [0.2, 0.25) is 0 Å². The lowest BCUT2D eigenvalue weighted by Crippen LogP contribution is -2.04. The van der Waals surface area contributed by atoms with Crippen LogP contribution in [0.25, 0.3) is 0 Å². The van der Waals surface area contributed by atoms with Gasteiger partial charge in [-0.25, -0.2) is 4.79 Å². The number of benzene rings is 1. The monoisotopic (exact) mass is 251 g/mol. The number of carboxylic acids is 1. The Morgan fingerprint density at radius 2 is 2.28 bits per heavy atom. The van der Waals surface area contributed by atoms with Crippen LogP contribution in [0.5, 0.6) is 5.75 Å². The van der Waals surface area contributed by atoms with Gasteiger partial charge < -0.3 is 9.84 Å². The van der Waals surface area contributed by atoms with E-state index < -0.39 is 16.6 Å². The first-order valence-electron chi connectivity index (χ1n) is 5.31. The summed E-state index contributed by atoms with van der Waals surface area (Å²) in [6.45, 7) is 3.97. The molecule has 18 heavy (non-hydrogen) atoms. The number of carboxylic acid groups (broad SMARTS) is 1. The van der Waals surface area contributed by atoms with Gasteiger partial charge in [0.05, 0.1) is 11.5 Å². The van der Waals surface area contributed by atoms with Gasteiger partial charge in [-0.2, -0.15) is 0 Å². The molecule has 0 amide bonds. The van der Waals surface area contributed by atoms with Crippen molar-refractivity contribution in [2.24, 2.45) is 0 Å². The summed E-state index contributed by atoms with van der Waals surface area (Å²) in [7, 11) is 0. The third-order valence-corrected chi connectivity index (χ3v) is 2.22. The van der Waals surface area contributed by atoms with Crippen molar-refractivity contribution in [1.82, 2.24) is 0 Å². The molecule has 0 spiro atoms. The summed E-state index contributed by atoms with van der Waals surface area (Å²) in [5.74, 6) is -1.04. The molecule has 6 heteroatoms. The first-order valence-corrected chi connectivity index (χ1v) is 5.31. The molecular weight excluding hydrogens is 238 g/mol. The zero-order valence-electron chi connectivity index (χ0n) is 9.67. The summed E-state index contributed by atoms with van der Waals surface area (Å²) in [5, 5.41) is 19.5. The van der Waals surface area contributed by atoms with Crippen molar-refractivity contribution in [2.75, 3.05) is 6.61 Å². The molecule has 0 unspecified atom stereocenters. The predicted molar refractivity (Wildman–Crippen MR) is 65.0 cm³/mol. The fourth-order valence-electron chi connectivity index (χ4n) is 1.35. The van der Waals surface area contributed by atoms with E-state index in [4.69, 9.17) is 9.84 Å². The third kappa shape index (κ3) is 3.58. The van der Waals surface area contributed by atoms with Gasteiger partial charge in [0.1, 0.15) is 11.3 Å². The lowest BCUT2D eigenvalue weighted by Gasteiger charge is -2.06. The van der Waals surface area contributed by atoms with Gasteiger partial charge in [-0.05, 0) is 18.9 Å². The van der Waals surface area contributed by atoms with E-state index >= 15 is 0 Å². The Morgan fingerprint density at radius 1 is 1.56 bits per heavy atom. The van der Waals surface area contributed by atoms with Crippen molar-refractivity contribution in [3.8, 4) is 5.75 Å². The lowest BCUT2D eigenvalue weighted by atomic mass is 10.1. The number of carbonyl (C=O) groups is 1. The van der Waals surface area contributed by atoms with Crippen LogP contribution in [0.15, 0.2) is 30.9 Å². The molecule has 1 aromatic carbocycles. The number of ether oxygens (including phenoxy) is 1. The number of nitrogens with zero attached hydrogens (tertiary/aromatic N) is 1. The summed E-state index contributed by atoms with van der Waals surface area (Å²) >= 11 is 0. The average molecular weight is 251 g/mol. The number of nitro groups is 1. The van der Waals surface area contributed by atoms with E-state index in [1.54, 1.807) is 6.08 Å². The SMILES string of the molecule is C=CCCCOc1ccc([N+](=O)[O-])c(C(=O)O)c1. The van der Waals surface area contributed by atoms with Crippen LogP contribution in [0.1, 0.15) is 23.2 Å². The normalized spacial score (nSPS) is 9.78. The van der Waals surface area contributed by atoms with Gasteiger partial charge in [0.25, 0.3) is 5.69 Å². The number of rotatable bonds is 7. The molecule has 0 heterocycles. The highest BCUT2D eigenvalue weighted by molar-refractivity contribution is 5.92. The maximum atomic E-state index is 10.9. The van der Waals surface area contributed by atoms with Crippen molar-refractivity contribution in [3.05, 3.63) is 46.5 Å². The Hall–Kier alpha value is -2.37. The maximum absolute atomic E-state index is 10.9. The smallest absolute Gasteiger partial charge is 0.342 e. The highest BCUT2D eigenvalue weighted by Crippen LogP contribution is 2.24. The number of allylic oxidation sites excluding steroid dienone is 1. The van der Waals surface area contributed by atoms with Gasteiger partial charge in [-0.1, -0.05) is 6.08 Å². The number of unbranched alkanes of at least 4 members (excludes halogenated alkanes) is 1. The molecule has 1 N–H and O–H groups in total. The van der Waals surface area contributed by atoms with Crippen molar-refractivity contribution in [2.45, 2.75) is 12.8 Å². The van der Waals surface area contributed by atoms with E-state index in [1.165, 1.54) is 6.07 Å². The highest BCUT2D eigenvalue weighted by Gasteiger charge is 2.20. The molecule has 0 aliphatic carbocycles. The second kappa shape index (κ2) is 6.39. The third-order valence-electron chi connectivity index (χ3n) is 2.22. The van der Waals surface area contributed by atoms with Crippen LogP contribution in [-0.4, -0.2) is 22.6 Å². The predicted octanol–water partition coefficient (Wildman–Crippen LogP) is 2.64. The average Bonchev–Trinajstić information content (AvgIpc) is 2.34. The Labute approximate surface area is 104 Å². The summed E-state index contributed by atoms with van der Waals surface area (Å²) < 4.78 is 5.30. The van der Waals surface area contributed by atoms with Gasteiger partial charge >= 0.3 is 5.97 Å². The first kappa shape index (κ1) is 13.7. The second-order valence-electron chi connectivity index (χ2n) is 3.52. The second-order valence-corrected chi connectivity index (χ2v) is 3.52. The van der Waals surface area contributed by atoms with Gasteiger partial charge in [0.15, 0.2) is 0 Å². The maximum Gasteiger partial charge on any atom is 0.342 e. The van der Waals surface area contributed by atoms with Crippen LogP contribution >= 0.6 is 0 Å². The summed E-state index contributed by atoms with van der Waals surface area (Å²) in [6.07, 6.45) is 3.30. The molecule has 0 bridgehead atoms. The molecule has 1 rings (SSSR count). The van der Waals surface area contributed by atoms with E-state index in [1.807, 2.05) is 0 Å². The summed E-state index contributed by atoms with van der Waals surface area (Å²) in [4.78, 5) is 20.8. The topological polar surface area (TPSA) is 89.7 Å². The zero-order valence-corrected chi connectivity index (χ0v) is 9.67. The number of hydrogen-bond acceptors (Lipinski definition) is 4. The first-order chi connectivity index (χ1) is 8.56. The largest absolute Gasteiger partial charge is 0.494 e. The minimum atomic E-state index is -1.35. The van der Waals surface area contributed by atoms with Crippen molar-refractivity contribution in [1.29, 1.82) is 0 Å². The van der Waals surface area contributed by atoms with Gasteiger partial charge in [-0.15, -0.1) is 6.58 Å². The molecule has 1 aromatic rings. The van der Waals surface area contributed by atoms with Crippen LogP contribution in [-0.2, 0) is 0 Å². The minimum Gasteiger partial charge on any atom is -0.494 e. The molecule has 0 aliphatic heterocycles. The molecule has 96 valence electrons. The van der Waals surface area contributed by atoms with Crippen molar-refractivity contribution < 1.29 is 19.6 Å². The van der Waals surface area contributed by atoms with Crippen LogP contribution in [0.4, 0.5) is 5.69 Å². The number of aromatic carboxylic acids is 1. The molecule has 6 nitrogen and oxygen atoms in total. The highest BCUT2D eigenvalue weighted by atomic mass is 16.6. The standard InChI is InChI=1S/C12H13NO5/c1-2-3-4-7-18-9-5-6-11(13(16)17)10(8-9)12(14)15/h2,5-6,8H,1,3-4,7H2,(H,14,15). The number of hydrogen-bond donors (Lipinski definition) is 1. The van der Waals surface area contributed by atoms with E-state index in [0.29, 0.717) is 12.4 Å². The molecule has 0 aromatic heterocycles. The molecular formula is C12H13NO5. The van der Waals surface area contributed by atoms with E-state index in [9.17, 15) is 14.9 Å². The van der Waals surface area contributed by atoms with E-state index in [2.05, 4.69) is 6.58 Å². The molecule has 0 fully saturated rings. The Balaban J connectivity index is 2.83. The van der Waals surface area contributed by atoms with Crippen LogP contribution < -0.4 is 4.74 Å². The molecule has 0 atom stereocenters. The molecule has 0 saturated heterocycles. The molecule has 0 radical (unpaired) electrons. The summed E-state index contributed by atoms with van der Waals surface area (Å²) in [6, 6.07) is 3.68.